The zero-order valence-electron chi connectivity index (χ0n) is 8.70. The molecule has 0 N–H and O–H groups in total. The maximum atomic E-state index is 11.6. The highest BCUT2D eigenvalue weighted by atomic mass is 16.1. The van der Waals surface area contributed by atoms with Crippen molar-refractivity contribution < 1.29 is 9.59 Å². The molecule has 0 saturated carbocycles. The van der Waals surface area contributed by atoms with Crippen LogP contribution in [0, 0.1) is 18.3 Å². The maximum Gasteiger partial charge on any atom is 0.170 e. The fourth-order valence-corrected chi connectivity index (χ4v) is 1.38. The van der Waals surface area contributed by atoms with Gasteiger partial charge in [-0.15, -0.1) is 0 Å². The maximum absolute atomic E-state index is 11.6. The minimum absolute atomic E-state index is 0.101. The largest absolute Gasteiger partial charge is 0.300 e. The lowest BCUT2D eigenvalue weighted by Crippen LogP contribution is -2.07. The van der Waals surface area contributed by atoms with Crippen LogP contribution in [0.15, 0.2) is 18.2 Å². The van der Waals surface area contributed by atoms with Crippen LogP contribution < -0.4 is 0 Å². The molecule has 0 atom stereocenters. The smallest absolute Gasteiger partial charge is 0.170 e. The summed E-state index contributed by atoms with van der Waals surface area (Å²) in [7, 11) is 0. The predicted octanol–water partition coefficient (Wildman–Crippen LogP) is 2.03. The average Bonchev–Trinajstić information content (AvgIpc) is 2.17. The molecule has 0 bridgehead atoms. The Balaban J connectivity index is 3.11. The molecule has 0 aliphatic heterocycles. The molecule has 1 aromatic rings. The highest BCUT2D eigenvalue weighted by Crippen LogP contribution is 2.14. The van der Waals surface area contributed by atoms with Gasteiger partial charge in [-0.3, -0.25) is 9.59 Å². The third kappa shape index (κ3) is 2.50. The molecule has 0 aromatic heterocycles. The second-order valence-corrected chi connectivity index (χ2v) is 3.39. The highest BCUT2D eigenvalue weighted by Gasteiger charge is 2.12. The minimum Gasteiger partial charge on any atom is -0.300 e. The van der Waals surface area contributed by atoms with Crippen LogP contribution in [0.2, 0.25) is 0 Å². The molecule has 1 aromatic carbocycles. The molecule has 0 fully saturated rings. The molecule has 0 radical (unpaired) electrons. The standard InChI is InChI=1S/C12H11NO2/c1-8(14)6-12(15)11-5-3-4-10(7-13)9(11)2/h3-5H,6H2,1-2H3. The molecule has 0 aliphatic carbocycles. The first kappa shape index (κ1) is 11.1. The van der Waals surface area contributed by atoms with Crippen LogP contribution in [0.1, 0.15) is 34.8 Å². The second kappa shape index (κ2) is 4.52. The Morgan fingerprint density at radius 2 is 2.07 bits per heavy atom. The van der Waals surface area contributed by atoms with Crippen molar-refractivity contribution in [1.29, 1.82) is 5.26 Å². The van der Waals surface area contributed by atoms with Crippen LogP contribution in [0.5, 0.6) is 0 Å². The van der Waals surface area contributed by atoms with Gasteiger partial charge in [0.05, 0.1) is 18.1 Å². The van der Waals surface area contributed by atoms with Gasteiger partial charge in [0.25, 0.3) is 0 Å². The van der Waals surface area contributed by atoms with E-state index in [9.17, 15) is 9.59 Å². The van der Waals surface area contributed by atoms with Gasteiger partial charge in [0.2, 0.25) is 0 Å². The number of carbonyl (C=O) groups excluding carboxylic acids is 2. The fourth-order valence-electron chi connectivity index (χ4n) is 1.38. The number of ketones is 2. The van der Waals surface area contributed by atoms with E-state index < -0.39 is 0 Å². The molecule has 0 amide bonds. The second-order valence-electron chi connectivity index (χ2n) is 3.39. The van der Waals surface area contributed by atoms with E-state index in [1.807, 2.05) is 6.07 Å². The third-order valence-electron chi connectivity index (χ3n) is 2.16. The van der Waals surface area contributed by atoms with Crippen molar-refractivity contribution >= 4 is 11.6 Å². The van der Waals surface area contributed by atoms with E-state index in [4.69, 9.17) is 5.26 Å². The number of hydrogen-bond acceptors (Lipinski definition) is 3. The molecule has 0 saturated heterocycles. The summed E-state index contributed by atoms with van der Waals surface area (Å²) in [5.41, 5.74) is 1.58. The van der Waals surface area contributed by atoms with Crippen molar-refractivity contribution in [3.63, 3.8) is 0 Å². The van der Waals surface area contributed by atoms with E-state index in [1.54, 1.807) is 25.1 Å². The molecule has 0 spiro atoms. The Hall–Kier alpha value is -1.95. The summed E-state index contributed by atoms with van der Waals surface area (Å²) >= 11 is 0. The number of rotatable bonds is 3. The summed E-state index contributed by atoms with van der Waals surface area (Å²) in [6.45, 7) is 3.09. The summed E-state index contributed by atoms with van der Waals surface area (Å²) < 4.78 is 0. The predicted molar refractivity (Wildman–Crippen MR) is 55.5 cm³/mol. The first-order valence-electron chi connectivity index (χ1n) is 4.58. The lowest BCUT2D eigenvalue weighted by Gasteiger charge is -2.04. The van der Waals surface area contributed by atoms with Crippen LogP contribution in [0.25, 0.3) is 0 Å². The van der Waals surface area contributed by atoms with E-state index in [0.717, 1.165) is 0 Å². The topological polar surface area (TPSA) is 57.9 Å². The number of Topliss-reactive ketones (excluding diaryl/α,β-unsaturated/α-hetero) is 2. The van der Waals surface area contributed by atoms with E-state index in [0.29, 0.717) is 16.7 Å². The lowest BCUT2D eigenvalue weighted by atomic mass is 9.98. The molecular weight excluding hydrogens is 190 g/mol. The highest BCUT2D eigenvalue weighted by molar-refractivity contribution is 6.08. The molecule has 76 valence electrons. The number of hydrogen-bond donors (Lipinski definition) is 0. The van der Waals surface area contributed by atoms with Gasteiger partial charge >= 0.3 is 0 Å². The number of nitrogens with zero attached hydrogens (tertiary/aromatic N) is 1. The van der Waals surface area contributed by atoms with Gasteiger partial charge in [-0.1, -0.05) is 12.1 Å². The average molecular weight is 201 g/mol. The van der Waals surface area contributed by atoms with Gasteiger partial charge in [-0.2, -0.15) is 5.26 Å². The van der Waals surface area contributed by atoms with E-state index in [-0.39, 0.29) is 18.0 Å². The first-order valence-corrected chi connectivity index (χ1v) is 4.58. The van der Waals surface area contributed by atoms with Crippen LogP contribution in [0.4, 0.5) is 0 Å². The number of benzene rings is 1. The van der Waals surface area contributed by atoms with Crippen molar-refractivity contribution in [1.82, 2.24) is 0 Å². The summed E-state index contributed by atoms with van der Waals surface area (Å²) in [6, 6.07) is 6.95. The van der Waals surface area contributed by atoms with Gasteiger partial charge in [0.1, 0.15) is 5.78 Å². The normalized spacial score (nSPS) is 9.40. The number of carbonyl (C=O) groups is 2. The van der Waals surface area contributed by atoms with Crippen molar-refractivity contribution in [3.05, 3.63) is 34.9 Å². The first-order chi connectivity index (χ1) is 7.06. The van der Waals surface area contributed by atoms with Crippen LogP contribution in [-0.4, -0.2) is 11.6 Å². The van der Waals surface area contributed by atoms with Gasteiger partial charge in [-0.05, 0) is 25.5 Å². The van der Waals surface area contributed by atoms with Crippen molar-refractivity contribution in [3.8, 4) is 6.07 Å². The van der Waals surface area contributed by atoms with E-state index in [1.165, 1.54) is 6.92 Å². The third-order valence-corrected chi connectivity index (χ3v) is 2.16. The Kier molecular flexibility index (Phi) is 3.35. The van der Waals surface area contributed by atoms with Crippen molar-refractivity contribution in [2.24, 2.45) is 0 Å². The Bertz CT molecular complexity index is 455. The summed E-state index contributed by atoms with van der Waals surface area (Å²) in [6.07, 6.45) is -0.101. The molecule has 0 heterocycles. The van der Waals surface area contributed by atoms with Crippen LogP contribution in [-0.2, 0) is 4.79 Å². The Morgan fingerprint density at radius 1 is 1.40 bits per heavy atom. The summed E-state index contributed by atoms with van der Waals surface area (Å²) in [4.78, 5) is 22.4. The van der Waals surface area contributed by atoms with Crippen molar-refractivity contribution in [2.75, 3.05) is 0 Å². The molecule has 15 heavy (non-hydrogen) atoms. The summed E-state index contributed by atoms with van der Waals surface area (Å²) in [5, 5.41) is 8.78. The monoisotopic (exact) mass is 201 g/mol. The molecule has 3 nitrogen and oxygen atoms in total. The molecule has 3 heteroatoms. The van der Waals surface area contributed by atoms with E-state index in [2.05, 4.69) is 0 Å². The fraction of sp³-hybridized carbons (Fsp3) is 0.250. The lowest BCUT2D eigenvalue weighted by molar-refractivity contribution is -0.116. The van der Waals surface area contributed by atoms with Crippen LogP contribution >= 0.6 is 0 Å². The zero-order chi connectivity index (χ0) is 11.4. The summed E-state index contributed by atoms with van der Waals surface area (Å²) in [5.74, 6) is -0.390. The number of nitriles is 1. The quantitative estimate of drug-likeness (QED) is 0.555. The molecule has 1 rings (SSSR count). The van der Waals surface area contributed by atoms with Gasteiger partial charge in [-0.25, -0.2) is 0 Å². The molecule has 0 unspecified atom stereocenters. The minimum atomic E-state index is -0.225. The van der Waals surface area contributed by atoms with E-state index >= 15 is 0 Å². The SMILES string of the molecule is CC(=O)CC(=O)c1cccc(C#N)c1C. The molecular formula is C12H11NO2. The van der Waals surface area contributed by atoms with Gasteiger partial charge < -0.3 is 0 Å². The van der Waals surface area contributed by atoms with Gasteiger partial charge in [0.15, 0.2) is 5.78 Å². The van der Waals surface area contributed by atoms with Gasteiger partial charge in [0, 0.05) is 5.56 Å². The Labute approximate surface area is 88.3 Å². The van der Waals surface area contributed by atoms with Crippen molar-refractivity contribution in [2.45, 2.75) is 20.3 Å². The van der Waals surface area contributed by atoms with Crippen LogP contribution in [0.3, 0.4) is 0 Å². The zero-order valence-corrected chi connectivity index (χ0v) is 8.70. The molecule has 0 aliphatic rings. The Morgan fingerprint density at radius 3 is 2.60 bits per heavy atom.